The van der Waals surface area contributed by atoms with Gasteiger partial charge < -0.3 is 10.2 Å². The second-order valence-corrected chi connectivity index (χ2v) is 5.82. The van der Waals surface area contributed by atoms with Crippen LogP contribution in [0.3, 0.4) is 0 Å². The zero-order chi connectivity index (χ0) is 13.0. The number of rotatable bonds is 1. The van der Waals surface area contributed by atoms with Crippen LogP contribution < -0.4 is 0 Å². The number of phenolic OH excluding ortho intramolecular Hbond substituents is 2. The van der Waals surface area contributed by atoms with Gasteiger partial charge in [0.1, 0.15) is 4.90 Å². The van der Waals surface area contributed by atoms with Crippen LogP contribution in [0.4, 0.5) is 0 Å². The summed E-state index contributed by atoms with van der Waals surface area (Å²) in [6, 6.07) is 1.33. The van der Waals surface area contributed by atoms with Crippen molar-refractivity contribution in [2.75, 3.05) is 0 Å². The maximum Gasteiger partial charge on any atom is 0.269 e. The lowest BCUT2D eigenvalue weighted by Crippen LogP contribution is -2.36. The van der Waals surface area contributed by atoms with Crippen LogP contribution in [-0.4, -0.2) is 34.9 Å². The van der Waals surface area contributed by atoms with Gasteiger partial charge in [-0.25, -0.2) is 12.7 Å². The molecular formula is C10H11NO5S. The molecule has 17 heavy (non-hydrogen) atoms. The van der Waals surface area contributed by atoms with E-state index in [0.29, 0.717) is 0 Å². The molecule has 0 spiro atoms. The van der Waals surface area contributed by atoms with E-state index in [-0.39, 0.29) is 10.5 Å². The van der Waals surface area contributed by atoms with Gasteiger partial charge in [-0.15, -0.1) is 0 Å². The lowest BCUT2D eigenvalue weighted by atomic mass is 10.2. The first kappa shape index (κ1) is 11.7. The highest BCUT2D eigenvalue weighted by atomic mass is 32.2. The van der Waals surface area contributed by atoms with Crippen molar-refractivity contribution in [3.05, 3.63) is 17.7 Å². The second kappa shape index (κ2) is 3.36. The summed E-state index contributed by atoms with van der Waals surface area (Å²) in [5, 5.41) is 18.6. The van der Waals surface area contributed by atoms with E-state index in [9.17, 15) is 23.4 Å². The monoisotopic (exact) mass is 257 g/mol. The number of carbonyl (C=O) groups excluding carboxylic acids is 1. The minimum Gasteiger partial charge on any atom is -0.504 e. The van der Waals surface area contributed by atoms with Gasteiger partial charge >= 0.3 is 0 Å². The van der Waals surface area contributed by atoms with Crippen molar-refractivity contribution in [3.63, 3.8) is 0 Å². The van der Waals surface area contributed by atoms with Crippen molar-refractivity contribution in [1.29, 1.82) is 0 Å². The molecule has 2 rings (SSSR count). The summed E-state index contributed by atoms with van der Waals surface area (Å²) >= 11 is 0. The van der Waals surface area contributed by atoms with Gasteiger partial charge in [-0.3, -0.25) is 4.79 Å². The highest BCUT2D eigenvalue weighted by Gasteiger charge is 2.43. The number of nitrogens with zero attached hydrogens (tertiary/aromatic N) is 1. The topological polar surface area (TPSA) is 94.9 Å². The number of amides is 1. The SMILES string of the molecule is CC(C)N1C(=O)c2cc(O)c(O)cc2S1(=O)=O. The molecule has 1 aromatic rings. The highest BCUT2D eigenvalue weighted by Crippen LogP contribution is 2.38. The molecule has 0 aliphatic carbocycles. The molecule has 2 N–H and O–H groups in total. The highest BCUT2D eigenvalue weighted by molar-refractivity contribution is 7.90. The number of benzene rings is 1. The summed E-state index contributed by atoms with van der Waals surface area (Å²) in [5.41, 5.74) is -0.117. The zero-order valence-electron chi connectivity index (χ0n) is 9.21. The Morgan fingerprint density at radius 1 is 1.18 bits per heavy atom. The Bertz CT molecular complexity index is 605. The molecule has 1 aliphatic heterocycles. The van der Waals surface area contributed by atoms with Crippen molar-refractivity contribution in [3.8, 4) is 11.5 Å². The van der Waals surface area contributed by atoms with Gasteiger partial charge in [-0.1, -0.05) is 0 Å². The third kappa shape index (κ3) is 1.46. The molecule has 0 fully saturated rings. The van der Waals surface area contributed by atoms with Crippen LogP contribution in [0.1, 0.15) is 24.2 Å². The lowest BCUT2D eigenvalue weighted by molar-refractivity contribution is 0.0846. The van der Waals surface area contributed by atoms with Crippen LogP contribution in [0.5, 0.6) is 11.5 Å². The molecule has 0 atom stereocenters. The maximum atomic E-state index is 12.0. The minimum atomic E-state index is -3.92. The molecule has 0 bridgehead atoms. The van der Waals surface area contributed by atoms with Crippen LogP contribution >= 0.6 is 0 Å². The average Bonchev–Trinajstić information content (AvgIpc) is 2.37. The van der Waals surface area contributed by atoms with Crippen LogP contribution in [0.2, 0.25) is 0 Å². The van der Waals surface area contributed by atoms with Crippen molar-refractivity contribution >= 4 is 15.9 Å². The molecule has 0 saturated carbocycles. The van der Waals surface area contributed by atoms with E-state index >= 15 is 0 Å². The number of phenols is 2. The molecule has 0 saturated heterocycles. The van der Waals surface area contributed by atoms with E-state index in [1.54, 1.807) is 13.8 Å². The van der Waals surface area contributed by atoms with Gasteiger partial charge in [0.25, 0.3) is 15.9 Å². The molecule has 1 aliphatic rings. The van der Waals surface area contributed by atoms with Crippen LogP contribution in [0, 0.1) is 0 Å². The van der Waals surface area contributed by atoms with E-state index in [1.807, 2.05) is 0 Å². The Kier molecular flexibility index (Phi) is 2.32. The molecule has 1 heterocycles. The van der Waals surface area contributed by atoms with E-state index in [0.717, 1.165) is 16.4 Å². The summed E-state index contributed by atoms with van der Waals surface area (Å²) in [6.45, 7) is 3.14. The normalized spacial score (nSPS) is 17.6. The number of carbonyl (C=O) groups is 1. The third-order valence-electron chi connectivity index (χ3n) is 2.51. The minimum absolute atomic E-state index is 0.117. The molecule has 6 nitrogen and oxygen atoms in total. The van der Waals surface area contributed by atoms with Gasteiger partial charge in [-0.2, -0.15) is 0 Å². The van der Waals surface area contributed by atoms with E-state index in [4.69, 9.17) is 0 Å². The fraction of sp³-hybridized carbons (Fsp3) is 0.300. The van der Waals surface area contributed by atoms with E-state index in [1.165, 1.54) is 0 Å². The number of sulfonamides is 1. The molecule has 1 aromatic carbocycles. The summed E-state index contributed by atoms with van der Waals surface area (Å²) in [4.78, 5) is 11.6. The average molecular weight is 257 g/mol. The van der Waals surface area contributed by atoms with Gasteiger partial charge in [0, 0.05) is 12.1 Å². The third-order valence-corrected chi connectivity index (χ3v) is 4.51. The Morgan fingerprint density at radius 2 is 1.71 bits per heavy atom. The first-order chi connectivity index (χ1) is 7.76. The smallest absolute Gasteiger partial charge is 0.269 e. The molecular weight excluding hydrogens is 246 g/mol. The second-order valence-electron chi connectivity index (χ2n) is 4.04. The molecule has 0 radical (unpaired) electrons. The fourth-order valence-electron chi connectivity index (χ4n) is 1.78. The zero-order valence-corrected chi connectivity index (χ0v) is 10.0. The Labute approximate surface area is 98.2 Å². The summed E-state index contributed by atoms with van der Waals surface area (Å²) in [6.07, 6.45) is 0. The first-order valence-electron chi connectivity index (χ1n) is 4.91. The van der Waals surface area contributed by atoms with Crippen molar-refractivity contribution < 1.29 is 23.4 Å². The molecule has 92 valence electrons. The van der Waals surface area contributed by atoms with Gasteiger partial charge in [0.05, 0.1) is 5.56 Å². The predicted molar refractivity (Wildman–Crippen MR) is 58.3 cm³/mol. The standard InChI is InChI=1S/C10H11NO5S/c1-5(2)11-10(14)6-3-7(12)8(13)4-9(6)17(11,15)16/h3-5,12-13H,1-2H3. The van der Waals surface area contributed by atoms with Crippen LogP contribution in [-0.2, 0) is 10.0 Å². The van der Waals surface area contributed by atoms with Crippen molar-refractivity contribution in [2.45, 2.75) is 24.8 Å². The summed E-state index contributed by atoms with van der Waals surface area (Å²) < 4.78 is 24.8. The number of aromatic hydroxyl groups is 2. The van der Waals surface area contributed by atoms with Crippen molar-refractivity contribution in [2.24, 2.45) is 0 Å². The quantitative estimate of drug-likeness (QED) is 0.720. The molecule has 0 unspecified atom stereocenters. The Hall–Kier alpha value is -1.76. The number of hydrogen-bond donors (Lipinski definition) is 2. The predicted octanol–water partition coefficient (Wildman–Crippen LogP) is 0.651. The largest absolute Gasteiger partial charge is 0.504 e. The van der Waals surface area contributed by atoms with E-state index < -0.39 is 33.5 Å². The lowest BCUT2D eigenvalue weighted by Gasteiger charge is -2.18. The number of fused-ring (bicyclic) bond motifs is 1. The summed E-state index contributed by atoms with van der Waals surface area (Å²) in [5.74, 6) is -1.77. The van der Waals surface area contributed by atoms with E-state index in [2.05, 4.69) is 0 Å². The van der Waals surface area contributed by atoms with Gasteiger partial charge in [0.15, 0.2) is 11.5 Å². The Morgan fingerprint density at radius 3 is 2.24 bits per heavy atom. The van der Waals surface area contributed by atoms with Gasteiger partial charge in [-0.05, 0) is 19.9 Å². The number of hydrogen-bond acceptors (Lipinski definition) is 5. The van der Waals surface area contributed by atoms with Gasteiger partial charge in [0.2, 0.25) is 0 Å². The molecule has 7 heteroatoms. The first-order valence-corrected chi connectivity index (χ1v) is 6.35. The molecule has 1 amide bonds. The Balaban J connectivity index is 2.76. The van der Waals surface area contributed by atoms with Crippen LogP contribution in [0.25, 0.3) is 0 Å². The maximum absolute atomic E-state index is 12.0. The van der Waals surface area contributed by atoms with Crippen LogP contribution in [0.15, 0.2) is 17.0 Å². The summed E-state index contributed by atoms with van der Waals surface area (Å²) in [7, 11) is -3.92. The molecule has 0 aromatic heterocycles. The fourth-order valence-corrected chi connectivity index (χ4v) is 3.55. The van der Waals surface area contributed by atoms with Crippen molar-refractivity contribution in [1.82, 2.24) is 4.31 Å².